The summed E-state index contributed by atoms with van der Waals surface area (Å²) in [4.78, 5) is 13.1. The minimum absolute atomic E-state index is 0.0810. The van der Waals surface area contributed by atoms with Crippen LogP contribution in [0.25, 0.3) is 0 Å². The van der Waals surface area contributed by atoms with Crippen molar-refractivity contribution in [3.8, 4) is 5.75 Å². The van der Waals surface area contributed by atoms with Crippen molar-refractivity contribution < 1.29 is 17.9 Å². The molecule has 0 aliphatic carbocycles. The van der Waals surface area contributed by atoms with E-state index in [1.807, 2.05) is 26.0 Å². The Morgan fingerprint density at radius 3 is 2.23 bits per heavy atom. The van der Waals surface area contributed by atoms with E-state index in [2.05, 4.69) is 11.9 Å². The predicted molar refractivity (Wildman–Crippen MR) is 122 cm³/mol. The van der Waals surface area contributed by atoms with Crippen LogP contribution in [0.15, 0.2) is 71.0 Å². The molecule has 0 atom stereocenters. The minimum atomic E-state index is -3.91. The van der Waals surface area contributed by atoms with Gasteiger partial charge in [0.25, 0.3) is 5.91 Å². The molecule has 1 heterocycles. The van der Waals surface area contributed by atoms with Crippen LogP contribution in [0.5, 0.6) is 5.75 Å². The van der Waals surface area contributed by atoms with Crippen molar-refractivity contribution in [2.24, 2.45) is 0 Å². The molecule has 0 saturated heterocycles. The first-order valence-electron chi connectivity index (χ1n) is 9.78. The molecule has 0 spiro atoms. The van der Waals surface area contributed by atoms with Gasteiger partial charge in [0.1, 0.15) is 16.5 Å². The van der Waals surface area contributed by atoms with Gasteiger partial charge in [0, 0.05) is 17.8 Å². The van der Waals surface area contributed by atoms with Crippen LogP contribution in [0.4, 0.5) is 5.82 Å². The summed E-state index contributed by atoms with van der Waals surface area (Å²) < 4.78 is 34.0. The Morgan fingerprint density at radius 2 is 1.68 bits per heavy atom. The van der Waals surface area contributed by atoms with Gasteiger partial charge >= 0.3 is 0 Å². The summed E-state index contributed by atoms with van der Waals surface area (Å²) in [6, 6.07) is 13.3. The van der Waals surface area contributed by atoms with E-state index in [1.165, 1.54) is 19.2 Å². The van der Waals surface area contributed by atoms with E-state index < -0.39 is 9.84 Å². The highest BCUT2D eigenvalue weighted by Crippen LogP contribution is 2.36. The molecule has 3 rings (SSSR count). The van der Waals surface area contributed by atoms with Crippen molar-refractivity contribution in [3.05, 3.63) is 83.6 Å². The molecule has 6 nitrogen and oxygen atoms in total. The molecular weight excluding hydrogens is 412 g/mol. The first-order chi connectivity index (χ1) is 14.7. The number of allylic oxidation sites excluding steroid dienone is 1. The highest BCUT2D eigenvalue weighted by Gasteiger charge is 2.30. The van der Waals surface area contributed by atoms with Crippen LogP contribution in [0.2, 0.25) is 0 Å². The highest BCUT2D eigenvalue weighted by atomic mass is 32.2. The number of hydrogen-bond donors (Lipinski definition) is 1. The van der Waals surface area contributed by atoms with Crippen molar-refractivity contribution in [1.82, 2.24) is 4.57 Å². The lowest BCUT2D eigenvalue weighted by Crippen LogP contribution is -2.18. The Bertz CT molecular complexity index is 1220. The molecule has 0 saturated carbocycles. The quantitative estimate of drug-likeness (QED) is 0.543. The van der Waals surface area contributed by atoms with Gasteiger partial charge in [-0.15, -0.1) is 6.58 Å². The lowest BCUT2D eigenvalue weighted by atomic mass is 10.1. The van der Waals surface area contributed by atoms with Crippen molar-refractivity contribution >= 4 is 21.6 Å². The molecule has 0 bridgehead atoms. The number of methoxy groups -OCH3 is 1. The maximum Gasteiger partial charge on any atom is 0.256 e. The van der Waals surface area contributed by atoms with Crippen LogP contribution >= 0.6 is 0 Å². The monoisotopic (exact) mass is 438 g/mol. The van der Waals surface area contributed by atoms with Crippen LogP contribution in [-0.2, 0) is 16.4 Å². The average Bonchev–Trinajstić information content (AvgIpc) is 2.99. The third-order valence-electron chi connectivity index (χ3n) is 5.27. The van der Waals surface area contributed by atoms with Crippen molar-refractivity contribution in [3.63, 3.8) is 0 Å². The molecule has 1 amide bonds. The number of rotatable bonds is 7. The van der Waals surface area contributed by atoms with Crippen LogP contribution in [0, 0.1) is 20.8 Å². The normalized spacial score (nSPS) is 11.2. The Kier molecular flexibility index (Phi) is 6.36. The Balaban J connectivity index is 2.15. The first-order valence-corrected chi connectivity index (χ1v) is 11.3. The maximum absolute atomic E-state index is 13.6. The fourth-order valence-electron chi connectivity index (χ4n) is 3.40. The van der Waals surface area contributed by atoms with Gasteiger partial charge in [-0.1, -0.05) is 23.8 Å². The Morgan fingerprint density at radius 1 is 1.06 bits per heavy atom. The number of ether oxygens (including phenoxy) is 1. The molecule has 0 aliphatic rings. The number of anilines is 1. The number of carbonyl (C=O) groups excluding carboxylic acids is 1. The lowest BCUT2D eigenvalue weighted by molar-refractivity contribution is 0.102. The van der Waals surface area contributed by atoms with Gasteiger partial charge in [0.05, 0.1) is 12.0 Å². The summed E-state index contributed by atoms with van der Waals surface area (Å²) in [6.45, 7) is 9.63. The van der Waals surface area contributed by atoms with Gasteiger partial charge in [0.2, 0.25) is 9.84 Å². The topological polar surface area (TPSA) is 77.4 Å². The van der Waals surface area contributed by atoms with Gasteiger partial charge < -0.3 is 14.6 Å². The van der Waals surface area contributed by atoms with Gasteiger partial charge in [-0.05, 0) is 62.7 Å². The summed E-state index contributed by atoms with van der Waals surface area (Å²) in [5.41, 5.74) is 2.80. The van der Waals surface area contributed by atoms with E-state index >= 15 is 0 Å². The van der Waals surface area contributed by atoms with Crippen LogP contribution in [0.1, 0.15) is 27.2 Å². The summed E-state index contributed by atoms with van der Waals surface area (Å²) in [7, 11) is -2.39. The Hall–Kier alpha value is -3.32. The molecule has 0 aliphatic heterocycles. The molecule has 0 radical (unpaired) electrons. The van der Waals surface area contributed by atoms with Crippen molar-refractivity contribution in [2.75, 3.05) is 12.4 Å². The largest absolute Gasteiger partial charge is 0.497 e. The molecule has 31 heavy (non-hydrogen) atoms. The number of nitrogens with zero attached hydrogens (tertiary/aromatic N) is 1. The fraction of sp³-hybridized carbons (Fsp3) is 0.208. The van der Waals surface area contributed by atoms with E-state index in [-0.39, 0.29) is 21.5 Å². The summed E-state index contributed by atoms with van der Waals surface area (Å²) in [6.07, 6.45) is 1.66. The maximum atomic E-state index is 13.6. The number of carbonyl (C=O) groups is 1. The first kappa shape index (κ1) is 22.4. The number of benzene rings is 2. The van der Waals surface area contributed by atoms with Crippen molar-refractivity contribution in [1.29, 1.82) is 0 Å². The lowest BCUT2D eigenvalue weighted by Gasteiger charge is -2.13. The third-order valence-corrected chi connectivity index (χ3v) is 7.20. The molecule has 7 heteroatoms. The van der Waals surface area contributed by atoms with Gasteiger partial charge in [-0.25, -0.2) is 8.42 Å². The molecule has 3 aromatic rings. The molecule has 2 aromatic carbocycles. The highest BCUT2D eigenvalue weighted by molar-refractivity contribution is 7.91. The smallest absolute Gasteiger partial charge is 0.256 e. The van der Waals surface area contributed by atoms with Gasteiger partial charge in [-0.2, -0.15) is 0 Å². The zero-order valence-corrected chi connectivity index (χ0v) is 18.9. The van der Waals surface area contributed by atoms with E-state index in [0.717, 1.165) is 11.3 Å². The zero-order chi connectivity index (χ0) is 22.8. The average molecular weight is 439 g/mol. The van der Waals surface area contributed by atoms with E-state index in [0.29, 0.717) is 23.4 Å². The van der Waals surface area contributed by atoms with Crippen LogP contribution < -0.4 is 10.1 Å². The number of hydrogen-bond acceptors (Lipinski definition) is 4. The summed E-state index contributed by atoms with van der Waals surface area (Å²) in [5.74, 6) is 0.411. The minimum Gasteiger partial charge on any atom is -0.497 e. The van der Waals surface area contributed by atoms with Gasteiger partial charge in [-0.3, -0.25) is 4.79 Å². The standard InChI is InChI=1S/C24H26N2O4S/c1-6-15-26-18(4)17(3)22(31(28,29)21-13-11-20(30-5)12-14-21)23(26)25-24(27)19-9-7-16(2)8-10-19/h6-14H,1,15H2,2-5H3,(H,25,27). The molecular formula is C24H26N2O4S. The van der Waals surface area contributed by atoms with Crippen LogP contribution in [-0.4, -0.2) is 26.0 Å². The number of amides is 1. The SMILES string of the molecule is C=CCn1c(C)c(C)c(S(=O)(=O)c2ccc(OC)cc2)c1NC(=O)c1ccc(C)cc1. The molecule has 0 fully saturated rings. The van der Waals surface area contributed by atoms with Gasteiger partial charge in [0.15, 0.2) is 0 Å². The molecule has 162 valence electrons. The van der Waals surface area contributed by atoms with Crippen molar-refractivity contribution in [2.45, 2.75) is 37.1 Å². The van der Waals surface area contributed by atoms with Crippen LogP contribution in [0.3, 0.4) is 0 Å². The summed E-state index contributed by atoms with van der Waals surface area (Å²) >= 11 is 0. The Labute approximate surface area is 183 Å². The van der Waals surface area contributed by atoms with E-state index in [1.54, 1.807) is 41.8 Å². The number of nitrogens with one attached hydrogen (secondary N) is 1. The summed E-state index contributed by atoms with van der Waals surface area (Å²) in [5, 5.41) is 2.83. The number of aryl methyl sites for hydroxylation is 1. The number of aromatic nitrogens is 1. The molecule has 0 unspecified atom stereocenters. The fourth-order valence-corrected chi connectivity index (χ4v) is 5.10. The molecule has 1 aromatic heterocycles. The second-order valence-electron chi connectivity index (χ2n) is 7.29. The second-order valence-corrected chi connectivity index (χ2v) is 9.17. The van der Waals surface area contributed by atoms with E-state index in [9.17, 15) is 13.2 Å². The second kappa shape index (κ2) is 8.81. The predicted octanol–water partition coefficient (Wildman–Crippen LogP) is 4.69. The third kappa shape index (κ3) is 4.27. The molecule has 1 N–H and O–H groups in total. The van der Waals surface area contributed by atoms with E-state index in [4.69, 9.17) is 4.74 Å². The number of sulfone groups is 1. The zero-order valence-electron chi connectivity index (χ0n) is 18.1.